The van der Waals surface area contributed by atoms with E-state index in [4.69, 9.17) is 6.42 Å². The molecule has 2 atom stereocenters. The number of fused-ring (bicyclic) bond motifs is 1. The molecule has 7 rings (SSSR count). The van der Waals surface area contributed by atoms with Crippen molar-refractivity contribution >= 4 is 11.6 Å². The first-order chi connectivity index (χ1) is 38.0. The highest BCUT2D eigenvalue weighted by atomic mass is 15.0. The zero-order valence-electron chi connectivity index (χ0n) is 48.9. The second-order valence-corrected chi connectivity index (χ2v) is 16.8. The van der Waals surface area contributed by atoms with Crippen LogP contribution in [0.15, 0.2) is 301 Å². The van der Waals surface area contributed by atoms with E-state index in [2.05, 4.69) is 256 Å². The molecular formula is C75H94N2. The van der Waals surface area contributed by atoms with Crippen LogP contribution in [-0.2, 0) is 0 Å². The Labute approximate surface area is 470 Å². The molecule has 0 fully saturated rings. The van der Waals surface area contributed by atoms with Crippen LogP contribution in [0.3, 0.4) is 0 Å². The molecule has 404 valence electrons. The highest BCUT2D eigenvalue weighted by molar-refractivity contribution is 5.75. The maximum atomic E-state index is 5.60. The Morgan fingerprint density at radius 2 is 1.40 bits per heavy atom. The van der Waals surface area contributed by atoms with Gasteiger partial charge in [-0.25, -0.2) is 0 Å². The first kappa shape index (κ1) is 67.2. The normalized spacial score (nSPS) is 24.8. The Morgan fingerprint density at radius 3 is 2.08 bits per heavy atom. The van der Waals surface area contributed by atoms with Crippen molar-refractivity contribution in [2.24, 2.45) is 5.92 Å². The van der Waals surface area contributed by atoms with Gasteiger partial charge in [-0.1, -0.05) is 300 Å². The fraction of sp³-hybridized carbons (Fsp3) is 0.253. The summed E-state index contributed by atoms with van der Waals surface area (Å²) in [4.78, 5) is 0. The average molecular weight is 1020 g/mol. The van der Waals surface area contributed by atoms with Crippen molar-refractivity contribution in [2.45, 2.75) is 114 Å². The molecule has 2 aromatic carbocycles. The van der Waals surface area contributed by atoms with Gasteiger partial charge in [0.05, 0.1) is 0 Å². The third-order valence-corrected chi connectivity index (χ3v) is 11.5. The summed E-state index contributed by atoms with van der Waals surface area (Å²) in [5.41, 5.74) is 11.2. The van der Waals surface area contributed by atoms with Gasteiger partial charge in [-0.05, 0) is 126 Å². The predicted molar refractivity (Wildman–Crippen MR) is 349 cm³/mol. The van der Waals surface area contributed by atoms with E-state index in [1.54, 1.807) is 0 Å². The van der Waals surface area contributed by atoms with Crippen LogP contribution >= 0.6 is 0 Å². The number of hydrogen-bond donors (Lipinski definition) is 2. The van der Waals surface area contributed by atoms with Gasteiger partial charge in [0.15, 0.2) is 0 Å². The Hall–Kier alpha value is -7.86. The van der Waals surface area contributed by atoms with Gasteiger partial charge in [-0.3, -0.25) is 0 Å². The fourth-order valence-electron chi connectivity index (χ4n) is 7.96. The van der Waals surface area contributed by atoms with Gasteiger partial charge in [-0.2, -0.15) is 0 Å². The summed E-state index contributed by atoms with van der Waals surface area (Å²) in [6.45, 7) is 27.2. The van der Waals surface area contributed by atoms with Crippen molar-refractivity contribution in [3.8, 4) is 12.3 Å². The molecule has 0 aromatic heterocycles. The summed E-state index contributed by atoms with van der Waals surface area (Å²) in [5, 5.41) is 7.52. The Kier molecular flexibility index (Phi) is 38.8. The lowest BCUT2D eigenvalue weighted by Crippen LogP contribution is -2.43. The van der Waals surface area contributed by atoms with Crippen molar-refractivity contribution in [3.05, 3.63) is 312 Å². The molecule has 2 nitrogen and oxygen atoms in total. The monoisotopic (exact) mass is 1020 g/mol. The summed E-state index contributed by atoms with van der Waals surface area (Å²) in [6.07, 6.45) is 80.8. The molecule has 1 heterocycles. The summed E-state index contributed by atoms with van der Waals surface area (Å²) < 4.78 is 0. The van der Waals surface area contributed by atoms with Crippen LogP contribution in [0.4, 0.5) is 0 Å². The number of rotatable bonds is 10. The van der Waals surface area contributed by atoms with Gasteiger partial charge in [0.2, 0.25) is 0 Å². The van der Waals surface area contributed by atoms with E-state index in [9.17, 15) is 0 Å². The fourth-order valence-corrected chi connectivity index (χ4v) is 7.96. The maximum Gasteiger partial charge on any atom is 0.101 e. The molecule has 2 unspecified atom stereocenters. The second-order valence-electron chi connectivity index (χ2n) is 16.8. The van der Waals surface area contributed by atoms with E-state index in [-0.39, 0.29) is 0 Å². The molecule has 77 heavy (non-hydrogen) atoms. The minimum absolute atomic E-state index is 0.363. The van der Waals surface area contributed by atoms with Gasteiger partial charge in [0.1, 0.15) is 5.54 Å². The Morgan fingerprint density at radius 1 is 0.740 bits per heavy atom. The van der Waals surface area contributed by atoms with Crippen molar-refractivity contribution in [1.82, 2.24) is 10.6 Å². The third kappa shape index (κ3) is 26.5. The van der Waals surface area contributed by atoms with Crippen LogP contribution in [0, 0.1) is 18.3 Å². The molecule has 5 aliphatic rings. The predicted octanol–water partition coefficient (Wildman–Crippen LogP) is 20.8. The highest BCUT2D eigenvalue weighted by Gasteiger charge is 2.35. The number of hydrogen-bond acceptors (Lipinski definition) is 2. The van der Waals surface area contributed by atoms with Crippen molar-refractivity contribution in [1.29, 1.82) is 0 Å². The van der Waals surface area contributed by atoms with Crippen LogP contribution in [0.1, 0.15) is 119 Å². The van der Waals surface area contributed by atoms with E-state index in [1.165, 1.54) is 39.0 Å². The van der Waals surface area contributed by atoms with Crippen molar-refractivity contribution in [3.63, 3.8) is 0 Å². The summed E-state index contributed by atoms with van der Waals surface area (Å²) in [5.74, 6) is 3.11. The van der Waals surface area contributed by atoms with E-state index in [1.807, 2.05) is 104 Å². The topological polar surface area (TPSA) is 24.1 Å². The second kappa shape index (κ2) is 44.4. The highest BCUT2D eigenvalue weighted by Crippen LogP contribution is 2.38. The van der Waals surface area contributed by atoms with Crippen molar-refractivity contribution < 1.29 is 0 Å². The molecule has 0 bridgehead atoms. The number of terminal acetylenes is 1. The summed E-state index contributed by atoms with van der Waals surface area (Å²) in [7, 11) is 0. The van der Waals surface area contributed by atoms with Crippen molar-refractivity contribution in [2.75, 3.05) is 6.54 Å². The summed E-state index contributed by atoms with van der Waals surface area (Å²) in [6, 6.07) is 20.9. The lowest BCUT2D eigenvalue weighted by molar-refractivity contribution is 0.637. The zero-order chi connectivity index (χ0) is 56.6. The van der Waals surface area contributed by atoms with E-state index in [0.29, 0.717) is 18.9 Å². The molecule has 2 heteroatoms. The van der Waals surface area contributed by atoms with Gasteiger partial charge in [0, 0.05) is 18.7 Å². The van der Waals surface area contributed by atoms with Crippen LogP contribution in [0.5, 0.6) is 0 Å². The van der Waals surface area contributed by atoms with Gasteiger partial charge >= 0.3 is 0 Å². The molecule has 0 radical (unpaired) electrons. The maximum absolute atomic E-state index is 5.60. The zero-order valence-corrected chi connectivity index (χ0v) is 48.9. The lowest BCUT2D eigenvalue weighted by atomic mass is 9.81. The minimum atomic E-state index is -0.647. The number of benzene rings is 2. The SMILES string of the molecule is C#CC\C=C/C1=C(C)/C(C2=C/C3(NC(=Cc4ccccc4)/C=C\C=C)C=CC=C3/C(=C/C=C\C)CN/C=C/C=C\2)=C\C(C)C/C=C\C1.C1=CCC=C1.C1=C\C=C\C\C=C/C(c2ccccc2)=C\C=C/1.CC.CC.CC.CC. The van der Waals surface area contributed by atoms with E-state index < -0.39 is 5.54 Å². The smallest absolute Gasteiger partial charge is 0.101 e. The Bertz CT molecular complexity index is 2670. The molecular weight excluding hydrogens is 929 g/mol. The lowest BCUT2D eigenvalue weighted by Gasteiger charge is -2.34. The van der Waals surface area contributed by atoms with E-state index >= 15 is 0 Å². The first-order valence-electron chi connectivity index (χ1n) is 28.2. The molecule has 0 saturated heterocycles. The van der Waals surface area contributed by atoms with E-state index in [0.717, 1.165) is 42.5 Å². The average Bonchev–Trinajstić information content (AvgIpc) is 4.24. The van der Waals surface area contributed by atoms with Gasteiger partial charge in [0.25, 0.3) is 0 Å². The van der Waals surface area contributed by atoms with Crippen LogP contribution < -0.4 is 10.6 Å². The van der Waals surface area contributed by atoms with Gasteiger partial charge < -0.3 is 10.6 Å². The van der Waals surface area contributed by atoms with Crippen LogP contribution in [0.25, 0.3) is 11.6 Å². The molecule has 2 N–H and O–H groups in total. The standard InChI is InChI=1S/C45H48N2.C17H16.C5H6.4C2H6/c1-6-9-13-25-39-26-17-16-21-36(4)32-43(37(39)5)40-27-18-19-31-46-35-41(24-10-7-2)44-29-20-30-45(44,34-40)47-42(28-11-8-3)33-38-22-14-12-15-23-38;1-2-4-6-9-13-16(12-8-5-3-1)17-14-10-7-11-15-17;1-2-4-5-3-1;4*1-2/h1,7-8,10-20,22-25,27-34,36,46-47H,3,9,21,26,35H2,2,4-5H3;1-5,7-15H,6H2;1-4H,5H2;4*1-2H3/b10-7-,17-16-,25-13-,27-18-,28-11-,31-19+,39-37-,40-34+,41-24+,42-33?,43-32+;3-1-,4-2+,8-5-,13-9-,16-12+;;;;;. The Balaban J connectivity index is 0.000000804. The third-order valence-electron chi connectivity index (χ3n) is 11.5. The first-order valence-corrected chi connectivity index (χ1v) is 28.2. The number of nitrogens with one attached hydrogen (secondary N) is 2. The number of allylic oxidation sites excluding steroid dienone is 34. The summed E-state index contributed by atoms with van der Waals surface area (Å²) >= 11 is 0. The van der Waals surface area contributed by atoms with Crippen LogP contribution in [0.2, 0.25) is 0 Å². The quantitative estimate of drug-likeness (QED) is 0.141. The molecule has 0 amide bonds. The minimum Gasteiger partial charge on any atom is -0.387 e. The largest absolute Gasteiger partial charge is 0.387 e. The molecule has 1 aliphatic heterocycles. The molecule has 0 spiro atoms. The van der Waals surface area contributed by atoms with Crippen LogP contribution in [-0.4, -0.2) is 12.1 Å². The molecule has 4 aliphatic carbocycles. The molecule has 0 saturated carbocycles. The molecule has 2 aromatic rings. The van der Waals surface area contributed by atoms with Gasteiger partial charge in [-0.15, -0.1) is 12.3 Å².